The molecule has 0 aliphatic rings. The molecule has 0 aromatic heterocycles. The SMILES string of the molecule is CCOOC/C(Br)=C(/CCC(=O)OC)C(=O)OC. The van der Waals surface area contributed by atoms with Gasteiger partial charge in [0.1, 0.15) is 6.61 Å². The third kappa shape index (κ3) is 6.73. The van der Waals surface area contributed by atoms with Crippen LogP contribution in [-0.4, -0.2) is 39.4 Å². The van der Waals surface area contributed by atoms with Crippen molar-refractivity contribution in [3.8, 4) is 0 Å². The molecule has 0 aromatic carbocycles. The number of carbonyl (C=O) groups excluding carboxylic acids is 2. The van der Waals surface area contributed by atoms with Gasteiger partial charge in [0, 0.05) is 10.9 Å². The number of halogens is 1. The van der Waals surface area contributed by atoms with Crippen LogP contribution in [0, 0.1) is 0 Å². The molecule has 0 saturated carbocycles. The topological polar surface area (TPSA) is 71.1 Å². The summed E-state index contributed by atoms with van der Waals surface area (Å²) in [5, 5.41) is 0. The zero-order valence-electron chi connectivity index (χ0n) is 10.7. The standard InChI is InChI=1S/C11H17BrO6/c1-4-17-18-7-9(12)8(11(14)16-3)5-6-10(13)15-2/h4-7H2,1-3H3/b9-8+. The lowest BCUT2D eigenvalue weighted by Gasteiger charge is -2.08. The van der Waals surface area contributed by atoms with Gasteiger partial charge in [0.05, 0.1) is 26.4 Å². The molecule has 0 saturated heterocycles. The van der Waals surface area contributed by atoms with Gasteiger partial charge in [-0.05, 0) is 13.3 Å². The maximum absolute atomic E-state index is 11.5. The predicted molar refractivity (Wildman–Crippen MR) is 66.8 cm³/mol. The van der Waals surface area contributed by atoms with Gasteiger partial charge < -0.3 is 9.47 Å². The van der Waals surface area contributed by atoms with Crippen LogP contribution in [0.25, 0.3) is 0 Å². The Labute approximate surface area is 114 Å². The summed E-state index contributed by atoms with van der Waals surface area (Å²) in [7, 11) is 2.56. The Kier molecular flexibility index (Phi) is 9.53. The number of hydrogen-bond donors (Lipinski definition) is 0. The van der Waals surface area contributed by atoms with Gasteiger partial charge in [-0.25, -0.2) is 14.6 Å². The minimum absolute atomic E-state index is 0.0689. The van der Waals surface area contributed by atoms with E-state index in [2.05, 4.69) is 25.4 Å². The Morgan fingerprint density at radius 2 is 1.72 bits per heavy atom. The second kappa shape index (κ2) is 10.0. The van der Waals surface area contributed by atoms with Crippen LogP contribution in [0.3, 0.4) is 0 Å². The third-order valence-electron chi connectivity index (χ3n) is 1.95. The molecule has 0 spiro atoms. The molecule has 0 fully saturated rings. The van der Waals surface area contributed by atoms with E-state index >= 15 is 0 Å². The second-order valence-electron chi connectivity index (χ2n) is 3.12. The van der Waals surface area contributed by atoms with Crippen LogP contribution in [0.4, 0.5) is 0 Å². The first-order valence-corrected chi connectivity index (χ1v) is 6.13. The zero-order chi connectivity index (χ0) is 14.0. The van der Waals surface area contributed by atoms with Crippen molar-refractivity contribution in [2.45, 2.75) is 19.8 Å². The van der Waals surface area contributed by atoms with Crippen molar-refractivity contribution in [1.82, 2.24) is 0 Å². The molecule has 0 unspecified atom stereocenters. The van der Waals surface area contributed by atoms with Crippen LogP contribution in [0.2, 0.25) is 0 Å². The number of esters is 2. The number of ether oxygens (including phenoxy) is 2. The average Bonchev–Trinajstić information content (AvgIpc) is 2.38. The van der Waals surface area contributed by atoms with Gasteiger partial charge in [-0.3, -0.25) is 4.79 Å². The lowest BCUT2D eigenvalue weighted by atomic mass is 10.1. The summed E-state index contributed by atoms with van der Waals surface area (Å²) < 4.78 is 9.62. The fourth-order valence-corrected chi connectivity index (χ4v) is 1.52. The van der Waals surface area contributed by atoms with E-state index in [9.17, 15) is 9.59 Å². The van der Waals surface area contributed by atoms with Gasteiger partial charge in [0.2, 0.25) is 0 Å². The molecular weight excluding hydrogens is 308 g/mol. The molecule has 0 atom stereocenters. The molecule has 0 aromatic rings. The normalized spacial score (nSPS) is 11.8. The summed E-state index contributed by atoms with van der Waals surface area (Å²) in [5.74, 6) is -0.923. The smallest absolute Gasteiger partial charge is 0.334 e. The molecule has 7 heteroatoms. The van der Waals surface area contributed by atoms with Crippen molar-refractivity contribution in [2.75, 3.05) is 27.4 Å². The van der Waals surface area contributed by atoms with Gasteiger partial charge in [0.15, 0.2) is 0 Å². The van der Waals surface area contributed by atoms with E-state index < -0.39 is 11.9 Å². The highest BCUT2D eigenvalue weighted by Gasteiger charge is 2.16. The van der Waals surface area contributed by atoms with Gasteiger partial charge >= 0.3 is 11.9 Å². The summed E-state index contributed by atoms with van der Waals surface area (Å²) in [6.07, 6.45) is 0.292. The Bertz CT molecular complexity index is 313. The zero-order valence-corrected chi connectivity index (χ0v) is 12.2. The first-order valence-electron chi connectivity index (χ1n) is 5.33. The van der Waals surface area contributed by atoms with Crippen LogP contribution in [-0.2, 0) is 28.8 Å². The van der Waals surface area contributed by atoms with E-state index in [1.54, 1.807) is 6.92 Å². The summed E-state index contributed by atoms with van der Waals surface area (Å²) >= 11 is 3.21. The summed E-state index contributed by atoms with van der Waals surface area (Å²) in [4.78, 5) is 32.1. The predicted octanol–water partition coefficient (Wildman–Crippen LogP) is 1.73. The first kappa shape index (κ1) is 17.1. The maximum Gasteiger partial charge on any atom is 0.334 e. The van der Waals surface area contributed by atoms with Crippen LogP contribution in [0.15, 0.2) is 10.1 Å². The minimum Gasteiger partial charge on any atom is -0.469 e. The van der Waals surface area contributed by atoms with Crippen LogP contribution in [0.1, 0.15) is 19.8 Å². The quantitative estimate of drug-likeness (QED) is 0.223. The molecule has 0 bridgehead atoms. The molecule has 18 heavy (non-hydrogen) atoms. The van der Waals surface area contributed by atoms with Gasteiger partial charge in [-0.1, -0.05) is 15.9 Å². The molecule has 0 amide bonds. The summed E-state index contributed by atoms with van der Waals surface area (Å²) in [6, 6.07) is 0. The van der Waals surface area contributed by atoms with Crippen molar-refractivity contribution in [1.29, 1.82) is 0 Å². The summed E-state index contributed by atoms with van der Waals surface area (Å²) in [6.45, 7) is 2.24. The largest absolute Gasteiger partial charge is 0.469 e. The Morgan fingerprint density at radius 1 is 1.06 bits per heavy atom. The molecular formula is C11H17BrO6. The van der Waals surface area contributed by atoms with Crippen LogP contribution < -0.4 is 0 Å². The molecule has 6 nitrogen and oxygen atoms in total. The lowest BCUT2D eigenvalue weighted by Crippen LogP contribution is -2.11. The molecule has 0 aliphatic heterocycles. The minimum atomic E-state index is -0.522. The van der Waals surface area contributed by atoms with E-state index in [0.29, 0.717) is 16.7 Å². The Morgan fingerprint density at radius 3 is 2.22 bits per heavy atom. The van der Waals surface area contributed by atoms with Crippen LogP contribution in [0.5, 0.6) is 0 Å². The monoisotopic (exact) mass is 324 g/mol. The number of carbonyl (C=O) groups is 2. The highest BCUT2D eigenvalue weighted by atomic mass is 79.9. The van der Waals surface area contributed by atoms with E-state index in [4.69, 9.17) is 9.78 Å². The average molecular weight is 325 g/mol. The summed E-state index contributed by atoms with van der Waals surface area (Å²) in [5.41, 5.74) is 0.322. The van der Waals surface area contributed by atoms with Crippen molar-refractivity contribution in [3.63, 3.8) is 0 Å². The third-order valence-corrected chi connectivity index (χ3v) is 2.66. The van der Waals surface area contributed by atoms with Gasteiger partial charge in [-0.2, -0.15) is 0 Å². The number of methoxy groups -OCH3 is 2. The highest BCUT2D eigenvalue weighted by Crippen LogP contribution is 2.19. The Hall–Kier alpha value is -0.920. The maximum atomic E-state index is 11.5. The van der Waals surface area contributed by atoms with Crippen molar-refractivity contribution < 1.29 is 28.8 Å². The second-order valence-corrected chi connectivity index (χ2v) is 4.08. The van der Waals surface area contributed by atoms with E-state index in [1.807, 2.05) is 0 Å². The molecule has 0 radical (unpaired) electrons. The molecule has 104 valence electrons. The number of hydrogen-bond acceptors (Lipinski definition) is 6. The molecule has 0 rings (SSSR count). The Balaban J connectivity index is 4.58. The highest BCUT2D eigenvalue weighted by molar-refractivity contribution is 9.11. The first-order chi connectivity index (χ1) is 8.56. The fourth-order valence-electron chi connectivity index (χ4n) is 1.06. The molecule has 0 aliphatic carbocycles. The van der Waals surface area contributed by atoms with E-state index in [0.717, 1.165) is 0 Å². The van der Waals surface area contributed by atoms with E-state index in [-0.39, 0.29) is 19.4 Å². The fraction of sp³-hybridized carbons (Fsp3) is 0.636. The molecule has 0 heterocycles. The van der Waals surface area contributed by atoms with E-state index in [1.165, 1.54) is 14.2 Å². The van der Waals surface area contributed by atoms with Gasteiger partial charge in [0.25, 0.3) is 0 Å². The van der Waals surface area contributed by atoms with Crippen molar-refractivity contribution in [2.24, 2.45) is 0 Å². The molecule has 0 N–H and O–H groups in total. The lowest BCUT2D eigenvalue weighted by molar-refractivity contribution is -0.283. The van der Waals surface area contributed by atoms with Crippen LogP contribution >= 0.6 is 15.9 Å². The van der Waals surface area contributed by atoms with Gasteiger partial charge in [-0.15, -0.1) is 0 Å². The number of rotatable bonds is 8. The van der Waals surface area contributed by atoms with Crippen molar-refractivity contribution in [3.05, 3.63) is 10.1 Å². The van der Waals surface area contributed by atoms with Crippen molar-refractivity contribution >= 4 is 27.9 Å².